The summed E-state index contributed by atoms with van der Waals surface area (Å²) in [6.45, 7) is 4.87. The van der Waals surface area contributed by atoms with Crippen molar-refractivity contribution in [1.29, 1.82) is 0 Å². The Morgan fingerprint density at radius 1 is 1.27 bits per heavy atom. The lowest BCUT2D eigenvalue weighted by Crippen LogP contribution is -2.27. The van der Waals surface area contributed by atoms with Crippen molar-refractivity contribution in [1.82, 2.24) is 0 Å². The van der Waals surface area contributed by atoms with Crippen molar-refractivity contribution in [3.8, 4) is 0 Å². The van der Waals surface area contributed by atoms with Gasteiger partial charge in [0.05, 0.1) is 0 Å². The zero-order chi connectivity index (χ0) is 19.4. The zero-order valence-corrected chi connectivity index (χ0v) is 15.4. The van der Waals surface area contributed by atoms with E-state index in [1.165, 1.54) is 30.3 Å². The summed E-state index contributed by atoms with van der Waals surface area (Å²) in [7, 11) is -5.79. The third-order valence-electron chi connectivity index (χ3n) is 3.78. The second-order valence-corrected chi connectivity index (χ2v) is 7.66. The van der Waals surface area contributed by atoms with Crippen LogP contribution < -0.4 is 0 Å². The first kappa shape index (κ1) is 20.5. The molecule has 2 rings (SSSR count). The summed E-state index contributed by atoms with van der Waals surface area (Å²) >= 11 is 5.80. The Morgan fingerprint density at radius 3 is 2.50 bits per heavy atom. The Labute approximate surface area is 155 Å². The first-order chi connectivity index (χ1) is 12.1. The minimum Gasteiger partial charge on any atom is -0.375 e. The lowest BCUT2D eigenvalue weighted by molar-refractivity contribution is -0.522. The molecule has 0 saturated carbocycles. The second-order valence-electron chi connectivity index (χ2n) is 5.68. The predicted octanol–water partition coefficient (Wildman–Crippen LogP) is 4.37. The van der Waals surface area contributed by atoms with Crippen LogP contribution in [-0.4, -0.2) is 37.3 Å². The highest BCUT2D eigenvalue weighted by Crippen LogP contribution is 2.30. The molecule has 0 amide bonds. The first-order valence-corrected chi connectivity index (χ1v) is 9.63. The molecule has 0 spiro atoms. The summed E-state index contributed by atoms with van der Waals surface area (Å²) in [5.74, 6) is -0.398. The van der Waals surface area contributed by atoms with Gasteiger partial charge >= 0.3 is 15.6 Å². The second kappa shape index (κ2) is 8.26. The predicted molar refractivity (Wildman–Crippen MR) is 94.5 cm³/mol. The van der Waals surface area contributed by atoms with E-state index in [2.05, 4.69) is 10.8 Å². The van der Waals surface area contributed by atoms with E-state index >= 15 is 0 Å². The van der Waals surface area contributed by atoms with E-state index < -0.39 is 21.4 Å². The molecule has 1 aliphatic rings. The Morgan fingerprint density at radius 2 is 1.92 bits per heavy atom. The number of hydrogen-bond acceptors (Lipinski definition) is 3. The van der Waals surface area contributed by atoms with Crippen LogP contribution in [0.15, 0.2) is 43.0 Å². The summed E-state index contributed by atoms with van der Waals surface area (Å²) in [4.78, 5) is 0. The molecule has 1 heterocycles. The van der Waals surface area contributed by atoms with Crippen molar-refractivity contribution in [3.63, 3.8) is 0 Å². The molecule has 0 saturated heterocycles. The Balaban J connectivity index is 2.53. The van der Waals surface area contributed by atoms with Crippen LogP contribution in [0.4, 0.5) is 13.2 Å². The van der Waals surface area contributed by atoms with E-state index in [-0.39, 0.29) is 5.56 Å². The molecule has 0 atom stereocenters. The maximum absolute atomic E-state index is 12.8. The summed E-state index contributed by atoms with van der Waals surface area (Å²) in [6.07, 6.45) is 5.40. The van der Waals surface area contributed by atoms with E-state index in [1.807, 2.05) is 4.58 Å². The van der Waals surface area contributed by atoms with Gasteiger partial charge in [-0.05, 0) is 36.8 Å². The number of rotatable bonds is 6. The van der Waals surface area contributed by atoms with Gasteiger partial charge in [0.15, 0.2) is 18.0 Å². The van der Waals surface area contributed by atoms with Gasteiger partial charge in [0.25, 0.3) is 0 Å². The SMILES string of the molecule is C=CC[N+]1=C(/C=C(\OS(=O)(=O)C(F)(F)F)c2ccc(Cl)cc2)CCCC1. The number of benzene rings is 1. The third-order valence-corrected chi connectivity index (χ3v) is 4.99. The van der Waals surface area contributed by atoms with Crippen LogP contribution in [0, 0.1) is 0 Å². The summed E-state index contributed by atoms with van der Waals surface area (Å²) in [5.41, 5.74) is -4.64. The minimum absolute atomic E-state index is 0.179. The summed E-state index contributed by atoms with van der Waals surface area (Å²) in [6, 6.07) is 5.70. The smallest absolute Gasteiger partial charge is 0.375 e. The molecule has 4 nitrogen and oxygen atoms in total. The molecule has 0 bridgehead atoms. The van der Waals surface area contributed by atoms with Gasteiger partial charge in [-0.15, -0.1) is 0 Å². The van der Waals surface area contributed by atoms with Gasteiger partial charge in [-0.2, -0.15) is 21.6 Å². The van der Waals surface area contributed by atoms with Crippen molar-refractivity contribution in [2.75, 3.05) is 13.1 Å². The van der Waals surface area contributed by atoms with Gasteiger partial charge in [-0.1, -0.05) is 18.2 Å². The van der Waals surface area contributed by atoms with Gasteiger partial charge in [0, 0.05) is 29.5 Å². The molecular weight excluding hydrogens is 391 g/mol. The van der Waals surface area contributed by atoms with Crippen molar-refractivity contribution >= 4 is 33.2 Å². The molecule has 0 fully saturated rings. The summed E-state index contributed by atoms with van der Waals surface area (Å²) < 4.78 is 67.6. The van der Waals surface area contributed by atoms with Crippen molar-refractivity contribution in [3.05, 3.63) is 53.6 Å². The Kier molecular flexibility index (Phi) is 6.52. The molecule has 0 aliphatic carbocycles. The van der Waals surface area contributed by atoms with Gasteiger partial charge in [0.2, 0.25) is 0 Å². The van der Waals surface area contributed by atoms with Crippen molar-refractivity contribution in [2.45, 2.75) is 24.8 Å². The number of halogens is 4. The highest BCUT2D eigenvalue weighted by molar-refractivity contribution is 7.87. The highest BCUT2D eigenvalue weighted by atomic mass is 35.5. The number of allylic oxidation sites excluding steroid dienone is 1. The monoisotopic (exact) mass is 408 g/mol. The maximum atomic E-state index is 12.8. The maximum Gasteiger partial charge on any atom is 0.534 e. The van der Waals surface area contributed by atoms with Crippen LogP contribution >= 0.6 is 11.6 Å². The molecule has 1 aliphatic heterocycles. The molecule has 1 aromatic rings. The van der Waals surface area contributed by atoms with Crippen LogP contribution in [0.1, 0.15) is 24.8 Å². The molecule has 0 radical (unpaired) electrons. The van der Waals surface area contributed by atoms with Crippen LogP contribution in [0.3, 0.4) is 0 Å². The molecule has 0 aromatic heterocycles. The standard InChI is InChI=1S/C17H18ClF3NO3S/c1-2-10-22-11-4-3-5-15(22)12-16(13-6-8-14(18)9-7-13)25-26(23,24)17(19,20)21/h2,6-9,12H,1,3-5,10-11H2/q+1/b16-12-. The number of alkyl halides is 3. The number of hydrogen-bond donors (Lipinski definition) is 0. The van der Waals surface area contributed by atoms with E-state index in [0.717, 1.165) is 12.8 Å². The van der Waals surface area contributed by atoms with Crippen LogP contribution in [0.5, 0.6) is 0 Å². The minimum atomic E-state index is -5.79. The van der Waals surface area contributed by atoms with Crippen LogP contribution in [0.2, 0.25) is 5.02 Å². The Bertz CT molecular complexity index is 828. The largest absolute Gasteiger partial charge is 0.534 e. The fourth-order valence-electron chi connectivity index (χ4n) is 2.52. The molecule has 142 valence electrons. The van der Waals surface area contributed by atoms with Gasteiger partial charge in [-0.25, -0.2) is 4.58 Å². The van der Waals surface area contributed by atoms with E-state index in [4.69, 9.17) is 11.6 Å². The van der Waals surface area contributed by atoms with E-state index in [0.29, 0.717) is 30.2 Å². The van der Waals surface area contributed by atoms with Gasteiger partial charge in [0.1, 0.15) is 6.54 Å². The summed E-state index contributed by atoms with van der Waals surface area (Å²) in [5, 5.41) is 0.366. The fraction of sp³-hybridized carbons (Fsp3) is 0.353. The van der Waals surface area contributed by atoms with Gasteiger partial charge in [-0.3, -0.25) is 0 Å². The molecule has 1 aromatic carbocycles. The topological polar surface area (TPSA) is 46.4 Å². The molecule has 9 heteroatoms. The quantitative estimate of drug-likeness (QED) is 0.231. The molecular formula is C17H18ClF3NO3S+. The average Bonchev–Trinajstić information content (AvgIpc) is 2.56. The lowest BCUT2D eigenvalue weighted by atomic mass is 10.1. The molecule has 0 N–H and O–H groups in total. The molecule has 0 unspecified atom stereocenters. The van der Waals surface area contributed by atoms with Crippen molar-refractivity contribution < 1.29 is 30.3 Å². The van der Waals surface area contributed by atoms with E-state index in [9.17, 15) is 21.6 Å². The number of nitrogens with zero attached hydrogens (tertiary/aromatic N) is 1. The third kappa shape index (κ3) is 5.11. The van der Waals surface area contributed by atoms with Crippen LogP contribution in [-0.2, 0) is 14.3 Å². The Hall–Kier alpha value is -1.80. The van der Waals surface area contributed by atoms with E-state index in [1.54, 1.807) is 6.08 Å². The van der Waals surface area contributed by atoms with Crippen LogP contribution in [0.25, 0.3) is 5.76 Å². The fourth-order valence-corrected chi connectivity index (χ4v) is 3.13. The zero-order valence-electron chi connectivity index (χ0n) is 13.8. The van der Waals surface area contributed by atoms with Gasteiger partial charge < -0.3 is 4.18 Å². The highest BCUT2D eigenvalue weighted by Gasteiger charge is 2.49. The average molecular weight is 409 g/mol. The lowest BCUT2D eigenvalue weighted by Gasteiger charge is -2.15. The normalized spacial score (nSPS) is 16.5. The van der Waals surface area contributed by atoms with Crippen molar-refractivity contribution in [2.24, 2.45) is 0 Å². The molecule has 26 heavy (non-hydrogen) atoms. The first-order valence-electron chi connectivity index (χ1n) is 7.84.